The van der Waals surface area contributed by atoms with E-state index in [0.717, 1.165) is 11.3 Å². The van der Waals surface area contributed by atoms with Crippen LogP contribution in [0.5, 0.6) is 17.2 Å². The van der Waals surface area contributed by atoms with Crippen LogP contribution in [0.4, 0.5) is 4.39 Å². The summed E-state index contributed by atoms with van der Waals surface area (Å²) in [7, 11) is 3.28. The highest BCUT2D eigenvalue weighted by atomic mass is 19.1. The molecule has 25 heavy (non-hydrogen) atoms. The number of halogens is 1. The standard InChI is InChI=1S/C19H22FNO4/c1-22-8-7-21(11-14-5-3-4-6-16(14)20)12-15-9-18-19(25-13-24-18)10-17(15)23-2/h3-6,9-10H,7-8,11-13H2,1-2H3. The lowest BCUT2D eigenvalue weighted by Gasteiger charge is -2.23. The van der Waals surface area contributed by atoms with Crippen LogP contribution in [0.15, 0.2) is 36.4 Å². The van der Waals surface area contributed by atoms with Crippen molar-refractivity contribution < 1.29 is 23.3 Å². The number of ether oxygens (including phenoxy) is 4. The maximum Gasteiger partial charge on any atom is 0.231 e. The molecule has 2 aromatic carbocycles. The van der Waals surface area contributed by atoms with Gasteiger partial charge in [-0.3, -0.25) is 4.90 Å². The molecule has 0 atom stereocenters. The number of methoxy groups -OCH3 is 2. The van der Waals surface area contributed by atoms with Crippen molar-refractivity contribution in [1.29, 1.82) is 0 Å². The van der Waals surface area contributed by atoms with Gasteiger partial charge in [0.2, 0.25) is 6.79 Å². The van der Waals surface area contributed by atoms with E-state index >= 15 is 0 Å². The number of hydrogen-bond acceptors (Lipinski definition) is 5. The molecular formula is C19H22FNO4. The molecule has 0 amide bonds. The number of nitrogens with zero attached hydrogens (tertiary/aromatic N) is 1. The van der Waals surface area contributed by atoms with Crippen LogP contribution in [0, 0.1) is 5.82 Å². The van der Waals surface area contributed by atoms with Crippen LogP contribution in [0.3, 0.4) is 0 Å². The molecule has 0 aromatic heterocycles. The Morgan fingerprint density at radius 1 is 1.04 bits per heavy atom. The van der Waals surface area contributed by atoms with Crippen molar-refractivity contribution in [2.24, 2.45) is 0 Å². The molecule has 134 valence electrons. The zero-order chi connectivity index (χ0) is 17.6. The van der Waals surface area contributed by atoms with E-state index in [2.05, 4.69) is 4.90 Å². The minimum atomic E-state index is -0.206. The van der Waals surface area contributed by atoms with Crippen molar-refractivity contribution in [3.05, 3.63) is 53.3 Å². The lowest BCUT2D eigenvalue weighted by Crippen LogP contribution is -2.27. The third kappa shape index (κ3) is 4.21. The predicted octanol–water partition coefficient (Wildman–Crippen LogP) is 3.21. The van der Waals surface area contributed by atoms with E-state index in [1.807, 2.05) is 18.2 Å². The fourth-order valence-corrected chi connectivity index (χ4v) is 2.82. The Kier molecular flexibility index (Phi) is 5.73. The monoisotopic (exact) mass is 347 g/mol. The van der Waals surface area contributed by atoms with E-state index in [-0.39, 0.29) is 12.6 Å². The molecule has 2 aromatic rings. The molecule has 0 unspecified atom stereocenters. The first-order valence-corrected chi connectivity index (χ1v) is 8.12. The molecule has 0 saturated carbocycles. The van der Waals surface area contributed by atoms with Crippen molar-refractivity contribution in [2.45, 2.75) is 13.1 Å². The molecule has 0 radical (unpaired) electrons. The topological polar surface area (TPSA) is 40.2 Å². The number of benzene rings is 2. The lowest BCUT2D eigenvalue weighted by atomic mass is 10.1. The molecule has 5 nitrogen and oxygen atoms in total. The van der Waals surface area contributed by atoms with E-state index in [9.17, 15) is 4.39 Å². The Morgan fingerprint density at radius 2 is 1.76 bits per heavy atom. The van der Waals surface area contributed by atoms with Gasteiger partial charge in [-0.1, -0.05) is 18.2 Å². The van der Waals surface area contributed by atoms with Crippen LogP contribution >= 0.6 is 0 Å². The largest absolute Gasteiger partial charge is 0.496 e. The minimum Gasteiger partial charge on any atom is -0.496 e. The summed E-state index contributed by atoms with van der Waals surface area (Å²) in [4.78, 5) is 2.11. The molecule has 0 spiro atoms. The molecule has 6 heteroatoms. The zero-order valence-electron chi connectivity index (χ0n) is 14.5. The van der Waals surface area contributed by atoms with Gasteiger partial charge in [-0.25, -0.2) is 4.39 Å². The molecule has 1 heterocycles. The van der Waals surface area contributed by atoms with Crippen molar-refractivity contribution in [3.8, 4) is 17.2 Å². The van der Waals surface area contributed by atoms with E-state index < -0.39 is 0 Å². The van der Waals surface area contributed by atoms with Gasteiger partial charge in [0.05, 0.1) is 13.7 Å². The van der Waals surface area contributed by atoms with Crippen LogP contribution < -0.4 is 14.2 Å². The maximum atomic E-state index is 14.0. The first-order valence-electron chi connectivity index (χ1n) is 8.12. The van der Waals surface area contributed by atoms with Gasteiger partial charge in [-0.15, -0.1) is 0 Å². The van der Waals surface area contributed by atoms with Gasteiger partial charge >= 0.3 is 0 Å². The van der Waals surface area contributed by atoms with Gasteiger partial charge in [0, 0.05) is 43.9 Å². The molecule has 1 aliphatic heterocycles. The van der Waals surface area contributed by atoms with E-state index in [4.69, 9.17) is 18.9 Å². The molecule has 3 rings (SSSR count). The highest BCUT2D eigenvalue weighted by Gasteiger charge is 2.20. The molecule has 0 saturated heterocycles. The van der Waals surface area contributed by atoms with Crippen molar-refractivity contribution >= 4 is 0 Å². The fraction of sp³-hybridized carbons (Fsp3) is 0.368. The van der Waals surface area contributed by atoms with Crippen molar-refractivity contribution in [3.63, 3.8) is 0 Å². The molecular weight excluding hydrogens is 325 g/mol. The summed E-state index contributed by atoms with van der Waals surface area (Å²) >= 11 is 0. The third-order valence-electron chi connectivity index (χ3n) is 4.13. The van der Waals surface area contributed by atoms with E-state index in [1.54, 1.807) is 26.4 Å². The summed E-state index contributed by atoms with van der Waals surface area (Å²) in [6.07, 6.45) is 0. The lowest BCUT2D eigenvalue weighted by molar-refractivity contribution is 0.138. The summed E-state index contributed by atoms with van der Waals surface area (Å²) < 4.78 is 35.5. The second kappa shape index (κ2) is 8.18. The molecule has 0 fully saturated rings. The van der Waals surface area contributed by atoms with Crippen molar-refractivity contribution in [2.75, 3.05) is 34.2 Å². The third-order valence-corrected chi connectivity index (χ3v) is 4.13. The Morgan fingerprint density at radius 3 is 2.48 bits per heavy atom. The molecule has 0 aliphatic carbocycles. The Labute approximate surface area is 146 Å². The predicted molar refractivity (Wildman–Crippen MR) is 91.5 cm³/mol. The normalized spacial score (nSPS) is 12.6. The van der Waals surface area contributed by atoms with Gasteiger partial charge in [-0.2, -0.15) is 0 Å². The fourth-order valence-electron chi connectivity index (χ4n) is 2.82. The summed E-state index contributed by atoms with van der Waals surface area (Å²) in [6.45, 7) is 2.50. The smallest absolute Gasteiger partial charge is 0.231 e. The van der Waals surface area contributed by atoms with Gasteiger partial charge in [0.1, 0.15) is 11.6 Å². The van der Waals surface area contributed by atoms with Gasteiger partial charge in [-0.05, 0) is 12.1 Å². The Balaban J connectivity index is 1.81. The number of fused-ring (bicyclic) bond motifs is 1. The number of rotatable bonds is 8. The van der Waals surface area contributed by atoms with Gasteiger partial charge in [0.25, 0.3) is 0 Å². The highest BCUT2D eigenvalue weighted by Crippen LogP contribution is 2.38. The van der Waals surface area contributed by atoms with Crippen LogP contribution in [-0.2, 0) is 17.8 Å². The summed E-state index contributed by atoms with van der Waals surface area (Å²) in [6, 6.07) is 10.6. The highest BCUT2D eigenvalue weighted by molar-refractivity contribution is 5.51. The Bertz CT molecular complexity index is 723. The molecule has 1 aliphatic rings. The second-order valence-electron chi connectivity index (χ2n) is 5.81. The summed E-state index contributed by atoms with van der Waals surface area (Å²) in [5, 5.41) is 0. The molecule has 0 N–H and O–H groups in total. The number of hydrogen-bond donors (Lipinski definition) is 0. The maximum absolute atomic E-state index is 14.0. The first kappa shape index (κ1) is 17.5. The van der Waals surface area contributed by atoms with E-state index in [1.165, 1.54) is 6.07 Å². The average molecular weight is 347 g/mol. The quantitative estimate of drug-likeness (QED) is 0.733. The summed E-state index contributed by atoms with van der Waals surface area (Å²) in [5.74, 6) is 1.90. The minimum absolute atomic E-state index is 0.206. The van der Waals surface area contributed by atoms with Crippen LogP contribution in [-0.4, -0.2) is 39.1 Å². The van der Waals surface area contributed by atoms with Gasteiger partial charge in [0.15, 0.2) is 11.5 Å². The Hall–Kier alpha value is -2.31. The van der Waals surface area contributed by atoms with Crippen LogP contribution in [0.25, 0.3) is 0 Å². The SMILES string of the molecule is COCCN(Cc1ccccc1F)Cc1cc2c(cc1OC)OCO2. The van der Waals surface area contributed by atoms with Crippen LogP contribution in [0.2, 0.25) is 0 Å². The van der Waals surface area contributed by atoms with Gasteiger partial charge < -0.3 is 18.9 Å². The average Bonchev–Trinajstić information content (AvgIpc) is 3.08. The summed E-state index contributed by atoms with van der Waals surface area (Å²) in [5.41, 5.74) is 1.61. The first-order chi connectivity index (χ1) is 12.2. The second-order valence-corrected chi connectivity index (χ2v) is 5.81. The van der Waals surface area contributed by atoms with E-state index in [0.29, 0.717) is 43.3 Å². The van der Waals surface area contributed by atoms with Crippen molar-refractivity contribution in [1.82, 2.24) is 4.90 Å². The zero-order valence-corrected chi connectivity index (χ0v) is 14.5. The van der Waals surface area contributed by atoms with Crippen LogP contribution in [0.1, 0.15) is 11.1 Å². The molecule has 0 bridgehead atoms.